The van der Waals surface area contributed by atoms with Crippen molar-refractivity contribution in [3.05, 3.63) is 93.1 Å². The van der Waals surface area contributed by atoms with Crippen LogP contribution in [0, 0.1) is 13.8 Å². The van der Waals surface area contributed by atoms with E-state index >= 15 is 0 Å². The van der Waals surface area contributed by atoms with E-state index in [4.69, 9.17) is 27.9 Å². The van der Waals surface area contributed by atoms with Gasteiger partial charge in [0.25, 0.3) is 11.8 Å². The highest BCUT2D eigenvalue weighted by molar-refractivity contribution is 6.47. The third kappa shape index (κ3) is 3.85. The van der Waals surface area contributed by atoms with Crippen LogP contribution in [0.25, 0.3) is 5.57 Å². The van der Waals surface area contributed by atoms with E-state index in [0.717, 1.165) is 16.0 Å². The molecule has 2 amide bonds. The Morgan fingerprint density at radius 1 is 0.875 bits per heavy atom. The Morgan fingerprint density at radius 2 is 1.59 bits per heavy atom. The molecule has 0 aliphatic carbocycles. The molecule has 1 N–H and O–H groups in total. The monoisotopic (exact) mass is 466 g/mol. The summed E-state index contributed by atoms with van der Waals surface area (Å²) in [5.74, 6) is -0.474. The first-order chi connectivity index (χ1) is 15.3. The molecule has 1 aliphatic heterocycles. The van der Waals surface area contributed by atoms with Crippen molar-refractivity contribution in [1.29, 1.82) is 0 Å². The number of aryl methyl sites for hydroxylation is 2. The van der Waals surface area contributed by atoms with E-state index < -0.39 is 11.8 Å². The summed E-state index contributed by atoms with van der Waals surface area (Å²) in [7, 11) is 1.52. The third-order valence-corrected chi connectivity index (χ3v) is 5.96. The molecule has 0 atom stereocenters. The topological polar surface area (TPSA) is 58.6 Å². The number of halogens is 2. The molecule has 3 aromatic rings. The van der Waals surface area contributed by atoms with Crippen LogP contribution >= 0.6 is 23.2 Å². The number of hydrogen-bond acceptors (Lipinski definition) is 4. The molecule has 162 valence electrons. The van der Waals surface area contributed by atoms with Gasteiger partial charge in [-0.1, -0.05) is 53.5 Å². The number of rotatable bonds is 5. The summed E-state index contributed by atoms with van der Waals surface area (Å²) in [5.41, 5.74) is 3.53. The van der Waals surface area contributed by atoms with Gasteiger partial charge in [0.1, 0.15) is 11.4 Å². The van der Waals surface area contributed by atoms with Crippen LogP contribution in [0.15, 0.2) is 66.4 Å². The van der Waals surface area contributed by atoms with Crippen molar-refractivity contribution in [2.24, 2.45) is 0 Å². The highest BCUT2D eigenvalue weighted by Gasteiger charge is 2.41. The average molecular weight is 467 g/mol. The fourth-order valence-electron chi connectivity index (χ4n) is 3.60. The number of amides is 2. The van der Waals surface area contributed by atoms with Crippen LogP contribution < -0.4 is 15.0 Å². The maximum absolute atomic E-state index is 13.7. The van der Waals surface area contributed by atoms with Crippen LogP contribution in [-0.2, 0) is 9.59 Å². The molecule has 7 heteroatoms. The first kappa shape index (κ1) is 21.9. The first-order valence-corrected chi connectivity index (χ1v) is 10.6. The predicted octanol–water partition coefficient (Wildman–Crippen LogP) is 6.02. The Bertz CT molecular complexity index is 1280. The van der Waals surface area contributed by atoms with Gasteiger partial charge in [0.05, 0.1) is 18.4 Å². The lowest BCUT2D eigenvalue weighted by Gasteiger charge is -2.18. The highest BCUT2D eigenvalue weighted by Crippen LogP contribution is 2.39. The minimum absolute atomic E-state index is 0.138. The Balaban J connectivity index is 1.89. The number of ether oxygens (including phenoxy) is 1. The molecule has 1 heterocycles. The SMILES string of the molecule is COc1ccccc1C1=C(Nc2ccc(C)c(Cl)c2)C(=O)N(c2cc(Cl)ccc2C)C1=O. The molecule has 32 heavy (non-hydrogen) atoms. The first-order valence-electron chi connectivity index (χ1n) is 9.87. The molecular weight excluding hydrogens is 447 g/mol. The lowest BCUT2D eigenvalue weighted by Crippen LogP contribution is -2.33. The molecule has 0 bridgehead atoms. The number of hydrogen-bond donors (Lipinski definition) is 1. The molecule has 0 saturated heterocycles. The van der Waals surface area contributed by atoms with E-state index in [2.05, 4.69) is 5.32 Å². The minimum Gasteiger partial charge on any atom is -0.496 e. The van der Waals surface area contributed by atoms with Crippen molar-refractivity contribution in [1.82, 2.24) is 0 Å². The Hall–Kier alpha value is -3.28. The molecule has 5 nitrogen and oxygen atoms in total. The van der Waals surface area contributed by atoms with Gasteiger partial charge in [-0.25, -0.2) is 4.90 Å². The van der Waals surface area contributed by atoms with E-state index in [1.54, 1.807) is 54.6 Å². The molecule has 0 radical (unpaired) electrons. The van der Waals surface area contributed by atoms with E-state index in [0.29, 0.717) is 32.7 Å². The quantitative estimate of drug-likeness (QED) is 0.467. The number of carbonyl (C=O) groups is 2. The van der Waals surface area contributed by atoms with E-state index in [1.807, 2.05) is 19.9 Å². The van der Waals surface area contributed by atoms with Crippen molar-refractivity contribution in [2.75, 3.05) is 17.3 Å². The number of benzene rings is 3. The molecule has 0 spiro atoms. The van der Waals surface area contributed by atoms with Crippen molar-refractivity contribution >= 4 is 52.0 Å². The maximum atomic E-state index is 13.7. The fourth-order valence-corrected chi connectivity index (χ4v) is 3.95. The summed E-state index contributed by atoms with van der Waals surface area (Å²) in [4.78, 5) is 28.4. The van der Waals surface area contributed by atoms with Gasteiger partial charge < -0.3 is 10.1 Å². The maximum Gasteiger partial charge on any atom is 0.282 e. The second-order valence-electron chi connectivity index (χ2n) is 7.42. The van der Waals surface area contributed by atoms with Gasteiger partial charge in [0.15, 0.2) is 0 Å². The molecule has 4 rings (SSSR count). The van der Waals surface area contributed by atoms with E-state index in [9.17, 15) is 9.59 Å². The van der Waals surface area contributed by atoms with Gasteiger partial charge in [-0.15, -0.1) is 0 Å². The van der Waals surface area contributed by atoms with Crippen LogP contribution in [0.4, 0.5) is 11.4 Å². The summed E-state index contributed by atoms with van der Waals surface area (Å²) in [6.07, 6.45) is 0. The lowest BCUT2D eigenvalue weighted by molar-refractivity contribution is -0.120. The zero-order chi connectivity index (χ0) is 23.0. The van der Waals surface area contributed by atoms with Crippen LogP contribution in [0.5, 0.6) is 5.75 Å². The number of anilines is 2. The van der Waals surface area contributed by atoms with Gasteiger partial charge in [-0.2, -0.15) is 0 Å². The van der Waals surface area contributed by atoms with Gasteiger partial charge in [-0.3, -0.25) is 9.59 Å². The number of nitrogens with zero attached hydrogens (tertiary/aromatic N) is 1. The van der Waals surface area contributed by atoms with Gasteiger partial charge >= 0.3 is 0 Å². The number of methoxy groups -OCH3 is 1. The summed E-state index contributed by atoms with van der Waals surface area (Å²) in [6.45, 7) is 3.71. The highest BCUT2D eigenvalue weighted by atomic mass is 35.5. The summed E-state index contributed by atoms with van der Waals surface area (Å²) in [5, 5.41) is 4.09. The van der Waals surface area contributed by atoms with Crippen LogP contribution in [0.1, 0.15) is 16.7 Å². The van der Waals surface area contributed by atoms with Crippen molar-refractivity contribution in [2.45, 2.75) is 13.8 Å². The normalized spacial score (nSPS) is 13.7. The Labute approximate surface area is 196 Å². The van der Waals surface area contributed by atoms with Crippen LogP contribution in [0.2, 0.25) is 10.0 Å². The lowest BCUT2D eigenvalue weighted by atomic mass is 10.0. The zero-order valence-corrected chi connectivity index (χ0v) is 19.2. The molecule has 0 saturated carbocycles. The average Bonchev–Trinajstić information content (AvgIpc) is 3.01. The largest absolute Gasteiger partial charge is 0.496 e. The summed E-state index contributed by atoms with van der Waals surface area (Å²) >= 11 is 12.5. The van der Waals surface area contributed by atoms with Gasteiger partial charge in [-0.05, 0) is 55.3 Å². The molecule has 0 fully saturated rings. The zero-order valence-electron chi connectivity index (χ0n) is 17.7. The summed E-state index contributed by atoms with van der Waals surface area (Å²) < 4.78 is 5.47. The Morgan fingerprint density at radius 3 is 2.31 bits per heavy atom. The second kappa shape index (κ2) is 8.69. The number of nitrogens with one attached hydrogen (secondary N) is 1. The minimum atomic E-state index is -0.488. The second-order valence-corrected chi connectivity index (χ2v) is 8.26. The molecule has 0 unspecified atom stereocenters. The predicted molar refractivity (Wildman–Crippen MR) is 128 cm³/mol. The summed E-state index contributed by atoms with van der Waals surface area (Å²) in [6, 6.07) is 17.5. The number of imide groups is 1. The van der Waals surface area contributed by atoms with E-state index in [1.165, 1.54) is 7.11 Å². The fraction of sp³-hybridized carbons (Fsp3) is 0.120. The molecular formula is C25H20Cl2N2O3. The standard InChI is InChI=1S/C25H20Cl2N2O3/c1-14-9-11-17(13-19(14)27)28-23-22(18-6-4-5-7-21(18)32-3)24(30)29(25(23)31)20-12-16(26)10-8-15(20)2/h4-13,28H,1-3H3. The van der Waals surface area contributed by atoms with Crippen LogP contribution in [-0.4, -0.2) is 18.9 Å². The van der Waals surface area contributed by atoms with Gasteiger partial charge in [0.2, 0.25) is 0 Å². The number of carbonyl (C=O) groups excluding carboxylic acids is 2. The van der Waals surface area contributed by atoms with Crippen LogP contribution in [0.3, 0.4) is 0 Å². The molecule has 1 aliphatic rings. The Kier molecular flexibility index (Phi) is 5.96. The number of para-hydroxylation sites is 1. The van der Waals surface area contributed by atoms with Gasteiger partial charge in [0, 0.05) is 21.3 Å². The smallest absolute Gasteiger partial charge is 0.282 e. The van der Waals surface area contributed by atoms with Crippen molar-refractivity contribution < 1.29 is 14.3 Å². The molecule has 3 aromatic carbocycles. The molecule has 0 aromatic heterocycles. The van der Waals surface area contributed by atoms with E-state index in [-0.39, 0.29) is 11.3 Å². The van der Waals surface area contributed by atoms with Crippen molar-refractivity contribution in [3.8, 4) is 5.75 Å². The third-order valence-electron chi connectivity index (χ3n) is 5.31. The van der Waals surface area contributed by atoms with Crippen molar-refractivity contribution in [3.63, 3.8) is 0 Å².